The highest BCUT2D eigenvalue weighted by Crippen LogP contribution is 2.29. The molecule has 0 heterocycles. The van der Waals surface area contributed by atoms with E-state index in [0.29, 0.717) is 11.3 Å². The van der Waals surface area contributed by atoms with E-state index in [1.165, 1.54) is 12.5 Å². The fourth-order valence-corrected chi connectivity index (χ4v) is 2.34. The van der Waals surface area contributed by atoms with E-state index < -0.39 is 11.6 Å². The highest BCUT2D eigenvalue weighted by molar-refractivity contribution is 6.08. The Balaban J connectivity index is -0.00000108. The van der Waals surface area contributed by atoms with Gasteiger partial charge in [0.25, 0.3) is 0 Å². The Morgan fingerprint density at radius 2 is 1.58 bits per heavy atom. The molecule has 0 aliphatic carbocycles. The van der Waals surface area contributed by atoms with Crippen molar-refractivity contribution in [1.82, 2.24) is 10.6 Å². The summed E-state index contributed by atoms with van der Waals surface area (Å²) in [5, 5.41) is 21.5. The predicted octanol–water partition coefficient (Wildman–Crippen LogP) is 7.74. The molecular formula is C29H47F2N3O2. The third kappa shape index (κ3) is 15.8. The summed E-state index contributed by atoms with van der Waals surface area (Å²) < 4.78 is 32.6. The molecule has 36 heavy (non-hydrogen) atoms. The van der Waals surface area contributed by atoms with Gasteiger partial charge in [0, 0.05) is 18.7 Å². The fourth-order valence-electron chi connectivity index (χ4n) is 2.34. The zero-order chi connectivity index (χ0) is 28.5. The Morgan fingerprint density at radius 3 is 2.08 bits per heavy atom. The summed E-state index contributed by atoms with van der Waals surface area (Å²) in [6, 6.07) is 8.38. The molecule has 7 heteroatoms. The van der Waals surface area contributed by atoms with E-state index >= 15 is 0 Å². The average Bonchev–Trinajstić information content (AvgIpc) is 2.90. The molecule has 0 aromatic heterocycles. The molecule has 2 aromatic rings. The first-order valence-corrected chi connectivity index (χ1v) is 12.4. The van der Waals surface area contributed by atoms with E-state index in [-0.39, 0.29) is 17.6 Å². The molecule has 0 amide bonds. The van der Waals surface area contributed by atoms with Gasteiger partial charge in [0.1, 0.15) is 11.6 Å². The van der Waals surface area contributed by atoms with Crippen molar-refractivity contribution in [2.75, 3.05) is 14.2 Å². The first-order valence-electron chi connectivity index (χ1n) is 12.4. The van der Waals surface area contributed by atoms with Crippen molar-refractivity contribution < 1.29 is 18.6 Å². The van der Waals surface area contributed by atoms with Crippen LogP contribution in [0.25, 0.3) is 0 Å². The molecular weight excluding hydrogens is 460 g/mol. The Bertz CT molecular complexity index is 885. The minimum atomic E-state index is -0.797. The first-order chi connectivity index (χ1) is 17.4. The molecule has 0 aliphatic heterocycles. The summed E-state index contributed by atoms with van der Waals surface area (Å²) in [4.78, 5) is 0. The van der Waals surface area contributed by atoms with Gasteiger partial charge >= 0.3 is 0 Å². The molecule has 2 rings (SSSR count). The van der Waals surface area contributed by atoms with Gasteiger partial charge in [-0.25, -0.2) is 8.78 Å². The zero-order valence-electron chi connectivity index (χ0n) is 23.7. The number of hydrogen-bond acceptors (Lipinski definition) is 5. The van der Waals surface area contributed by atoms with Crippen molar-refractivity contribution in [2.45, 2.75) is 68.0 Å². The summed E-state index contributed by atoms with van der Waals surface area (Å²) in [5.41, 5.74) is 1.65. The summed E-state index contributed by atoms with van der Waals surface area (Å²) >= 11 is 0. The number of nitrogens with one attached hydrogen (secondary N) is 3. The number of aryl methyl sites for hydroxylation is 1. The molecule has 1 atom stereocenters. The normalized spacial score (nSPS) is 10.4. The van der Waals surface area contributed by atoms with Gasteiger partial charge in [0.15, 0.2) is 11.6 Å². The van der Waals surface area contributed by atoms with Crippen LogP contribution < -0.4 is 15.4 Å². The summed E-state index contributed by atoms with van der Waals surface area (Å²) in [5.74, 6) is -1.25. The molecule has 2 aromatic carbocycles. The number of rotatable bonds is 8. The third-order valence-electron chi connectivity index (χ3n) is 3.75. The Morgan fingerprint density at radius 1 is 1.03 bits per heavy atom. The van der Waals surface area contributed by atoms with Crippen molar-refractivity contribution in [3.63, 3.8) is 0 Å². The molecule has 4 N–H and O–H groups in total. The quantitative estimate of drug-likeness (QED) is 0.218. The topological polar surface area (TPSA) is 77.4 Å². The highest BCUT2D eigenvalue weighted by atomic mass is 19.1. The van der Waals surface area contributed by atoms with E-state index in [4.69, 9.17) is 15.3 Å². The van der Waals surface area contributed by atoms with E-state index in [9.17, 15) is 8.78 Å². The number of allylic oxidation sites excluding steroid dienone is 2. The number of benzene rings is 2. The lowest BCUT2D eigenvalue weighted by Crippen LogP contribution is -2.35. The van der Waals surface area contributed by atoms with Gasteiger partial charge in [-0.1, -0.05) is 65.7 Å². The van der Waals surface area contributed by atoms with E-state index in [1.807, 2.05) is 47.6 Å². The number of aliphatic hydroxyl groups excluding tert-OH is 1. The van der Waals surface area contributed by atoms with Crippen LogP contribution in [0, 0.1) is 24.0 Å². The standard InChI is InChI=1S/C21H23F2N3O.C3H8.2C2H6.CH4O/c1-4-11-26-21(25-3)10-7-18(24)16-12-14(2)5-8-19(16)27-20-9-6-15(22)13-17(20)23;1-3-2;3*1-2/h4-13,21,24-26H,1-3H3;3H2,1-2H3;2*1-2H3;2H,1H3/b10-7-,11-4-,24-18?;;;;. The van der Waals surface area contributed by atoms with Crippen LogP contribution in [0.15, 0.2) is 60.8 Å². The molecule has 0 spiro atoms. The largest absolute Gasteiger partial charge is 0.454 e. The summed E-state index contributed by atoms with van der Waals surface area (Å²) in [6.07, 6.45) is 8.21. The second-order valence-corrected chi connectivity index (χ2v) is 6.59. The van der Waals surface area contributed by atoms with Crippen LogP contribution in [0.4, 0.5) is 8.78 Å². The number of aliphatic hydroxyl groups is 1. The van der Waals surface area contributed by atoms with Crippen LogP contribution in [0.5, 0.6) is 11.5 Å². The number of ether oxygens (including phenoxy) is 1. The van der Waals surface area contributed by atoms with Crippen LogP contribution >= 0.6 is 0 Å². The first kappa shape index (κ1) is 37.5. The van der Waals surface area contributed by atoms with Gasteiger partial charge in [-0.05, 0) is 63.5 Å². The average molecular weight is 508 g/mol. The van der Waals surface area contributed by atoms with Crippen LogP contribution in [0.2, 0.25) is 0 Å². The summed E-state index contributed by atoms with van der Waals surface area (Å²) in [7, 11) is 2.80. The number of hydrogen-bond donors (Lipinski definition) is 4. The van der Waals surface area contributed by atoms with Crippen molar-refractivity contribution >= 4 is 5.71 Å². The summed E-state index contributed by atoms with van der Waals surface area (Å²) in [6.45, 7) is 16.0. The second-order valence-electron chi connectivity index (χ2n) is 6.59. The van der Waals surface area contributed by atoms with E-state index in [2.05, 4.69) is 24.5 Å². The molecule has 0 radical (unpaired) electrons. The maximum atomic E-state index is 13.9. The van der Waals surface area contributed by atoms with Crippen molar-refractivity contribution in [2.24, 2.45) is 0 Å². The van der Waals surface area contributed by atoms with Gasteiger partial charge in [-0.15, -0.1) is 0 Å². The molecule has 1 unspecified atom stereocenters. The SMILES string of the molecule is C/C=C\NC(/C=C\C(=N)c1cc(C)ccc1Oc1ccc(F)cc1F)NC.CC.CC.CCC.CO. The van der Waals surface area contributed by atoms with Crippen LogP contribution in [-0.4, -0.2) is 31.1 Å². The zero-order valence-corrected chi connectivity index (χ0v) is 23.7. The highest BCUT2D eigenvalue weighted by Gasteiger charge is 2.12. The predicted molar refractivity (Wildman–Crippen MR) is 151 cm³/mol. The van der Waals surface area contributed by atoms with Gasteiger partial charge < -0.3 is 20.6 Å². The fraction of sp³-hybridized carbons (Fsp3) is 0.414. The van der Waals surface area contributed by atoms with Crippen LogP contribution in [0.3, 0.4) is 0 Å². The van der Waals surface area contributed by atoms with Crippen molar-refractivity contribution in [3.8, 4) is 11.5 Å². The maximum Gasteiger partial charge on any atom is 0.168 e. The Labute approximate surface area is 217 Å². The van der Waals surface area contributed by atoms with Gasteiger partial charge in [-0.2, -0.15) is 0 Å². The van der Waals surface area contributed by atoms with Gasteiger partial charge in [-0.3, -0.25) is 5.32 Å². The minimum absolute atomic E-state index is 0.0962. The molecule has 0 saturated carbocycles. The van der Waals surface area contributed by atoms with Crippen molar-refractivity contribution in [1.29, 1.82) is 5.41 Å². The lowest BCUT2D eigenvalue weighted by Gasteiger charge is -2.14. The lowest BCUT2D eigenvalue weighted by atomic mass is 10.1. The molecule has 0 saturated heterocycles. The Hall–Kier alpha value is -3.03. The smallest absolute Gasteiger partial charge is 0.168 e. The molecule has 0 bridgehead atoms. The molecule has 0 aliphatic rings. The van der Waals surface area contributed by atoms with Gasteiger partial charge in [0.2, 0.25) is 0 Å². The van der Waals surface area contributed by atoms with E-state index in [0.717, 1.165) is 24.8 Å². The second kappa shape index (κ2) is 25.1. The van der Waals surface area contributed by atoms with Crippen LogP contribution in [-0.2, 0) is 0 Å². The maximum absolute atomic E-state index is 13.9. The minimum Gasteiger partial charge on any atom is -0.454 e. The number of halogens is 2. The van der Waals surface area contributed by atoms with Gasteiger partial charge in [0.05, 0.1) is 11.9 Å². The van der Waals surface area contributed by atoms with Crippen LogP contribution in [0.1, 0.15) is 66.0 Å². The monoisotopic (exact) mass is 507 g/mol. The Kier molecular flexibility index (Phi) is 26.1. The van der Waals surface area contributed by atoms with Crippen molar-refractivity contribution in [3.05, 3.63) is 83.6 Å². The molecule has 204 valence electrons. The lowest BCUT2D eigenvalue weighted by molar-refractivity contribution is 0.399. The molecule has 0 fully saturated rings. The number of likely N-dealkylation sites (N-methyl/N-ethyl adjacent to an activating group) is 1. The third-order valence-corrected chi connectivity index (χ3v) is 3.75. The molecule has 5 nitrogen and oxygen atoms in total. The van der Waals surface area contributed by atoms with E-state index in [1.54, 1.807) is 43.6 Å².